The van der Waals surface area contributed by atoms with Gasteiger partial charge in [-0.05, 0) is 29.8 Å². The molecule has 4 aromatic rings. The zero-order valence-electron chi connectivity index (χ0n) is 16.4. The molecule has 1 aliphatic rings. The molecule has 0 spiro atoms. The molecule has 4 nitrogen and oxygen atoms in total. The average Bonchev–Trinajstić information content (AvgIpc) is 3.39. The van der Waals surface area contributed by atoms with Crippen molar-refractivity contribution < 1.29 is 4.79 Å². The van der Waals surface area contributed by atoms with E-state index in [0.717, 1.165) is 33.8 Å². The maximum Gasteiger partial charge on any atom is 0.263 e. The fourth-order valence-corrected chi connectivity index (χ4v) is 4.47. The lowest BCUT2D eigenvalue weighted by Gasteiger charge is -2.08. The topological polar surface area (TPSA) is 46.9 Å². The van der Waals surface area contributed by atoms with Crippen LogP contribution in [0, 0.1) is 0 Å². The highest BCUT2D eigenvalue weighted by atomic mass is 32.2. The average molecular weight is 440 g/mol. The summed E-state index contributed by atoms with van der Waals surface area (Å²) in [6, 6.07) is 30.5. The van der Waals surface area contributed by atoms with Gasteiger partial charge in [0.2, 0.25) is 0 Å². The SMILES string of the molecule is O=C1NC(=S)SC1=Cc1ccc(-n2nc(-c3ccccc3)cc2-c2ccccc2)cc1. The minimum absolute atomic E-state index is 0.148. The van der Waals surface area contributed by atoms with E-state index in [9.17, 15) is 4.79 Å². The summed E-state index contributed by atoms with van der Waals surface area (Å²) in [4.78, 5) is 12.5. The van der Waals surface area contributed by atoms with Gasteiger partial charge in [-0.3, -0.25) is 4.79 Å². The number of carbonyl (C=O) groups is 1. The minimum Gasteiger partial charge on any atom is -0.307 e. The molecule has 1 aliphatic heterocycles. The van der Waals surface area contributed by atoms with Gasteiger partial charge in [0.05, 0.1) is 22.0 Å². The monoisotopic (exact) mass is 439 g/mol. The number of thiocarbonyl (C=S) groups is 1. The standard InChI is InChI=1S/C25H17N3OS2/c29-24-23(31-25(30)26-24)15-17-11-13-20(14-12-17)28-22(19-9-5-2-6-10-19)16-21(27-28)18-7-3-1-4-8-18/h1-16H,(H,26,29,30). The van der Waals surface area contributed by atoms with Crippen molar-refractivity contribution in [2.75, 3.05) is 0 Å². The molecular formula is C25H17N3OS2. The Kier molecular flexibility index (Phi) is 5.24. The summed E-state index contributed by atoms with van der Waals surface area (Å²) >= 11 is 6.34. The summed E-state index contributed by atoms with van der Waals surface area (Å²) in [6.45, 7) is 0. The third-order valence-corrected chi connectivity index (χ3v) is 6.09. The fourth-order valence-electron chi connectivity index (χ4n) is 3.43. The predicted octanol–water partition coefficient (Wildman–Crippen LogP) is 5.70. The molecule has 0 unspecified atom stereocenters. The van der Waals surface area contributed by atoms with E-state index in [1.807, 2.05) is 71.4 Å². The van der Waals surface area contributed by atoms with Gasteiger partial charge in [0.25, 0.3) is 5.91 Å². The van der Waals surface area contributed by atoms with Crippen LogP contribution in [0.1, 0.15) is 5.56 Å². The van der Waals surface area contributed by atoms with Crippen molar-refractivity contribution in [3.05, 3.63) is 101 Å². The Morgan fingerprint density at radius 2 is 1.52 bits per heavy atom. The van der Waals surface area contributed by atoms with Crippen LogP contribution >= 0.6 is 24.0 Å². The lowest BCUT2D eigenvalue weighted by atomic mass is 10.1. The number of thioether (sulfide) groups is 1. The van der Waals surface area contributed by atoms with Crippen LogP contribution in [-0.4, -0.2) is 20.0 Å². The second kappa shape index (κ2) is 8.34. The smallest absolute Gasteiger partial charge is 0.263 e. The van der Waals surface area contributed by atoms with Gasteiger partial charge in [0.1, 0.15) is 4.32 Å². The molecule has 1 N–H and O–H groups in total. The summed E-state index contributed by atoms with van der Waals surface area (Å²) < 4.78 is 2.45. The van der Waals surface area contributed by atoms with Crippen LogP contribution in [0.5, 0.6) is 0 Å². The van der Waals surface area contributed by atoms with Crippen LogP contribution in [0.2, 0.25) is 0 Å². The second-order valence-electron chi connectivity index (χ2n) is 7.00. The molecule has 150 valence electrons. The van der Waals surface area contributed by atoms with Gasteiger partial charge in [-0.1, -0.05) is 96.8 Å². The quantitative estimate of drug-likeness (QED) is 0.328. The number of benzene rings is 3. The van der Waals surface area contributed by atoms with Crippen LogP contribution in [0.25, 0.3) is 34.3 Å². The van der Waals surface area contributed by atoms with E-state index in [4.69, 9.17) is 17.3 Å². The Labute approximate surface area is 189 Å². The first-order valence-corrected chi connectivity index (χ1v) is 11.0. The molecule has 5 rings (SSSR count). The van der Waals surface area contributed by atoms with E-state index in [1.165, 1.54) is 11.8 Å². The molecule has 0 aliphatic carbocycles. The van der Waals surface area contributed by atoms with Crippen molar-refractivity contribution in [1.29, 1.82) is 0 Å². The van der Waals surface area contributed by atoms with Crippen molar-refractivity contribution in [3.8, 4) is 28.2 Å². The van der Waals surface area contributed by atoms with Gasteiger partial charge in [-0.15, -0.1) is 0 Å². The van der Waals surface area contributed by atoms with E-state index < -0.39 is 0 Å². The predicted molar refractivity (Wildman–Crippen MR) is 131 cm³/mol. The number of amides is 1. The van der Waals surface area contributed by atoms with E-state index in [2.05, 4.69) is 35.6 Å². The lowest BCUT2D eigenvalue weighted by molar-refractivity contribution is -0.115. The second-order valence-corrected chi connectivity index (χ2v) is 8.72. The molecule has 1 amide bonds. The summed E-state index contributed by atoms with van der Waals surface area (Å²) in [5.74, 6) is -0.148. The summed E-state index contributed by atoms with van der Waals surface area (Å²) in [7, 11) is 0. The number of hydrogen-bond acceptors (Lipinski definition) is 4. The molecule has 0 bridgehead atoms. The molecule has 0 saturated carbocycles. The van der Waals surface area contributed by atoms with Gasteiger partial charge in [0.15, 0.2) is 0 Å². The van der Waals surface area contributed by atoms with E-state index >= 15 is 0 Å². The Balaban J connectivity index is 1.55. The summed E-state index contributed by atoms with van der Waals surface area (Å²) in [6.07, 6.45) is 1.85. The van der Waals surface area contributed by atoms with Crippen molar-refractivity contribution in [2.45, 2.75) is 0 Å². The van der Waals surface area contributed by atoms with Crippen LogP contribution in [0.4, 0.5) is 0 Å². The molecule has 3 aromatic carbocycles. The zero-order chi connectivity index (χ0) is 21.2. The summed E-state index contributed by atoms with van der Waals surface area (Å²) in [5, 5.41) is 7.54. The third-order valence-electron chi connectivity index (χ3n) is 4.93. The van der Waals surface area contributed by atoms with E-state index in [0.29, 0.717) is 9.23 Å². The highest BCUT2D eigenvalue weighted by Crippen LogP contribution is 2.30. The van der Waals surface area contributed by atoms with Crippen LogP contribution in [0.15, 0.2) is 95.9 Å². The van der Waals surface area contributed by atoms with Crippen molar-refractivity contribution in [1.82, 2.24) is 15.1 Å². The first-order valence-electron chi connectivity index (χ1n) is 9.73. The van der Waals surface area contributed by atoms with Crippen LogP contribution in [-0.2, 0) is 4.79 Å². The fraction of sp³-hybridized carbons (Fsp3) is 0. The van der Waals surface area contributed by atoms with Crippen molar-refractivity contribution >= 4 is 40.3 Å². The molecule has 1 aromatic heterocycles. The van der Waals surface area contributed by atoms with Gasteiger partial charge >= 0.3 is 0 Å². The number of rotatable bonds is 4. The normalized spacial score (nSPS) is 14.8. The minimum atomic E-state index is -0.148. The van der Waals surface area contributed by atoms with Crippen molar-refractivity contribution in [2.24, 2.45) is 0 Å². The van der Waals surface area contributed by atoms with Gasteiger partial charge < -0.3 is 5.32 Å². The molecule has 2 heterocycles. The Morgan fingerprint density at radius 3 is 2.13 bits per heavy atom. The maximum absolute atomic E-state index is 11.9. The van der Waals surface area contributed by atoms with E-state index in [-0.39, 0.29) is 5.91 Å². The van der Waals surface area contributed by atoms with Crippen LogP contribution in [0.3, 0.4) is 0 Å². The van der Waals surface area contributed by atoms with E-state index in [1.54, 1.807) is 0 Å². The highest BCUT2D eigenvalue weighted by molar-refractivity contribution is 8.26. The van der Waals surface area contributed by atoms with Gasteiger partial charge in [-0.25, -0.2) is 4.68 Å². The molecule has 1 fully saturated rings. The molecule has 0 atom stereocenters. The molecule has 6 heteroatoms. The Hall–Kier alpha value is -3.48. The first kappa shape index (κ1) is 19.5. The molecular weight excluding hydrogens is 422 g/mol. The number of carbonyl (C=O) groups excluding carboxylic acids is 1. The third kappa shape index (κ3) is 4.08. The van der Waals surface area contributed by atoms with Gasteiger partial charge in [0, 0.05) is 11.1 Å². The zero-order valence-corrected chi connectivity index (χ0v) is 18.0. The highest BCUT2D eigenvalue weighted by Gasteiger charge is 2.22. The molecule has 0 radical (unpaired) electrons. The lowest BCUT2D eigenvalue weighted by Crippen LogP contribution is -2.17. The van der Waals surface area contributed by atoms with Gasteiger partial charge in [-0.2, -0.15) is 5.10 Å². The number of nitrogens with one attached hydrogen (secondary N) is 1. The largest absolute Gasteiger partial charge is 0.307 e. The van der Waals surface area contributed by atoms with Crippen molar-refractivity contribution in [3.63, 3.8) is 0 Å². The number of nitrogens with zero attached hydrogens (tertiary/aromatic N) is 2. The summed E-state index contributed by atoms with van der Waals surface area (Å²) in [5.41, 5.74) is 5.97. The van der Waals surface area contributed by atoms with Crippen LogP contribution < -0.4 is 5.32 Å². The number of aromatic nitrogens is 2. The molecule has 31 heavy (non-hydrogen) atoms. The Morgan fingerprint density at radius 1 is 0.871 bits per heavy atom. The maximum atomic E-state index is 11.9. The first-order chi connectivity index (χ1) is 15.2. The Bertz CT molecular complexity index is 1290. The number of hydrogen-bond donors (Lipinski definition) is 1. The molecule has 1 saturated heterocycles.